The van der Waals surface area contributed by atoms with Crippen LogP contribution in [-0.2, 0) is 4.79 Å². The number of halogens is 2. The molecule has 0 aliphatic rings. The van der Waals surface area contributed by atoms with Crippen molar-refractivity contribution in [2.45, 2.75) is 19.3 Å². The average Bonchev–Trinajstić information content (AvgIpc) is 2.76. The third-order valence-electron chi connectivity index (χ3n) is 2.86. The number of hydrogen-bond acceptors (Lipinski definition) is 2. The van der Waals surface area contributed by atoms with E-state index in [0.29, 0.717) is 16.0 Å². The molecule has 0 saturated heterocycles. The minimum absolute atomic E-state index is 0.106. The molecule has 2 aromatic rings. The first-order valence-corrected chi connectivity index (χ1v) is 6.45. The summed E-state index contributed by atoms with van der Waals surface area (Å²) >= 11 is 3.24. The molecule has 19 heavy (non-hydrogen) atoms. The molecule has 0 amide bonds. The summed E-state index contributed by atoms with van der Waals surface area (Å²) in [5.74, 6) is -1.12. The Morgan fingerprint density at radius 2 is 2.32 bits per heavy atom. The number of aromatic amines is 1. The summed E-state index contributed by atoms with van der Waals surface area (Å²) in [6.45, 7) is 1.65. The molecule has 2 N–H and O–H groups in total. The van der Waals surface area contributed by atoms with E-state index >= 15 is 0 Å². The van der Waals surface area contributed by atoms with Crippen molar-refractivity contribution in [2.24, 2.45) is 0 Å². The maximum absolute atomic E-state index is 13.3. The first kappa shape index (κ1) is 13.7. The van der Waals surface area contributed by atoms with E-state index in [1.807, 2.05) is 0 Å². The maximum Gasteiger partial charge on any atom is 0.304 e. The topological polar surface area (TPSA) is 66.0 Å². The minimum atomic E-state index is -0.931. The second kappa shape index (κ2) is 5.52. The van der Waals surface area contributed by atoms with E-state index in [-0.39, 0.29) is 12.2 Å². The Kier molecular flexibility index (Phi) is 3.99. The van der Waals surface area contributed by atoms with Gasteiger partial charge in [-0.1, -0.05) is 12.1 Å². The quantitative estimate of drug-likeness (QED) is 0.906. The molecule has 4 nitrogen and oxygen atoms in total. The van der Waals surface area contributed by atoms with E-state index in [9.17, 15) is 9.18 Å². The zero-order chi connectivity index (χ0) is 14.0. The predicted octanol–water partition coefficient (Wildman–Crippen LogP) is 3.23. The van der Waals surface area contributed by atoms with Gasteiger partial charge in [0.05, 0.1) is 18.5 Å². The predicted molar refractivity (Wildman–Crippen MR) is 71.5 cm³/mol. The maximum atomic E-state index is 13.3. The van der Waals surface area contributed by atoms with Crippen LogP contribution in [0.15, 0.2) is 29.0 Å². The molecule has 0 saturated carbocycles. The van der Waals surface area contributed by atoms with Gasteiger partial charge in [-0.2, -0.15) is 0 Å². The van der Waals surface area contributed by atoms with Crippen LogP contribution in [0.5, 0.6) is 0 Å². The standard InChI is InChI=1S/C13H12BrFN2O2/c1-7-4-8(2-3-10(7)15)9(5-12(18)19)13-16-6-11(14)17-13/h2-4,6,9H,5H2,1H3,(H,16,17)(H,18,19). The van der Waals surface area contributed by atoms with Crippen molar-refractivity contribution in [3.8, 4) is 0 Å². The third kappa shape index (κ3) is 3.20. The van der Waals surface area contributed by atoms with Gasteiger partial charge in [-0.3, -0.25) is 4.79 Å². The Labute approximate surface area is 117 Å². The fourth-order valence-electron chi connectivity index (χ4n) is 1.92. The van der Waals surface area contributed by atoms with E-state index in [1.54, 1.807) is 25.3 Å². The summed E-state index contributed by atoms with van der Waals surface area (Å²) in [5.41, 5.74) is 1.21. The van der Waals surface area contributed by atoms with Crippen LogP contribution in [0.3, 0.4) is 0 Å². The van der Waals surface area contributed by atoms with Crippen LogP contribution in [0, 0.1) is 12.7 Å². The zero-order valence-corrected chi connectivity index (χ0v) is 11.7. The number of H-pyrrole nitrogens is 1. The molecule has 1 heterocycles. The van der Waals surface area contributed by atoms with Crippen LogP contribution < -0.4 is 0 Å². The molecule has 0 radical (unpaired) electrons. The van der Waals surface area contributed by atoms with Crippen LogP contribution >= 0.6 is 15.9 Å². The number of carboxylic acids is 1. The average molecular weight is 327 g/mol. The number of imidazole rings is 1. The van der Waals surface area contributed by atoms with Gasteiger partial charge in [-0.15, -0.1) is 0 Å². The molecular weight excluding hydrogens is 315 g/mol. The second-order valence-corrected chi connectivity index (χ2v) is 5.13. The second-order valence-electron chi connectivity index (χ2n) is 4.28. The van der Waals surface area contributed by atoms with E-state index in [0.717, 1.165) is 5.56 Å². The number of nitrogens with zero attached hydrogens (tertiary/aromatic N) is 1. The molecule has 0 fully saturated rings. The summed E-state index contributed by atoms with van der Waals surface area (Å²) in [7, 11) is 0. The first-order chi connectivity index (χ1) is 8.97. The number of carboxylic acid groups (broad SMARTS) is 1. The number of hydrogen-bond donors (Lipinski definition) is 2. The SMILES string of the molecule is Cc1cc(C(CC(=O)O)c2ncc(Br)[nH]2)ccc1F. The largest absolute Gasteiger partial charge is 0.481 e. The van der Waals surface area contributed by atoms with Gasteiger partial charge in [-0.25, -0.2) is 9.37 Å². The number of carbonyl (C=O) groups is 1. The number of benzene rings is 1. The van der Waals surface area contributed by atoms with Crippen LogP contribution in [0.1, 0.15) is 29.3 Å². The highest BCUT2D eigenvalue weighted by atomic mass is 79.9. The summed E-state index contributed by atoms with van der Waals surface area (Å²) in [4.78, 5) is 18.1. The molecule has 1 aromatic carbocycles. The highest BCUT2D eigenvalue weighted by Gasteiger charge is 2.21. The Morgan fingerprint density at radius 3 is 2.84 bits per heavy atom. The third-order valence-corrected chi connectivity index (χ3v) is 3.26. The highest BCUT2D eigenvalue weighted by Crippen LogP contribution is 2.28. The summed E-state index contributed by atoms with van der Waals surface area (Å²) in [5, 5.41) is 9.01. The van der Waals surface area contributed by atoms with Crippen LogP contribution in [0.25, 0.3) is 0 Å². The number of aliphatic carboxylic acids is 1. The van der Waals surface area contributed by atoms with Crippen LogP contribution in [0.2, 0.25) is 0 Å². The molecule has 1 aromatic heterocycles. The zero-order valence-electron chi connectivity index (χ0n) is 10.2. The van der Waals surface area contributed by atoms with E-state index in [1.165, 1.54) is 6.07 Å². The lowest BCUT2D eigenvalue weighted by Crippen LogP contribution is -2.10. The first-order valence-electron chi connectivity index (χ1n) is 5.65. The van der Waals surface area contributed by atoms with Gasteiger partial charge < -0.3 is 10.1 Å². The smallest absolute Gasteiger partial charge is 0.304 e. The van der Waals surface area contributed by atoms with Gasteiger partial charge in [-0.05, 0) is 40.0 Å². The van der Waals surface area contributed by atoms with E-state index in [4.69, 9.17) is 5.11 Å². The van der Waals surface area contributed by atoms with Gasteiger partial charge in [0.15, 0.2) is 0 Å². The number of aromatic nitrogens is 2. The molecule has 0 aliphatic heterocycles. The fourth-order valence-corrected chi connectivity index (χ4v) is 2.23. The summed E-state index contributed by atoms with van der Waals surface area (Å²) in [6, 6.07) is 4.59. The van der Waals surface area contributed by atoms with Gasteiger partial charge in [0.25, 0.3) is 0 Å². The van der Waals surface area contributed by atoms with Crippen molar-refractivity contribution in [3.63, 3.8) is 0 Å². The van der Waals surface area contributed by atoms with Gasteiger partial charge in [0, 0.05) is 0 Å². The number of nitrogens with one attached hydrogen (secondary N) is 1. The molecule has 6 heteroatoms. The Bertz CT molecular complexity index is 612. The van der Waals surface area contributed by atoms with Crippen molar-refractivity contribution in [3.05, 3.63) is 51.8 Å². The molecule has 2 rings (SSSR count). The number of rotatable bonds is 4. The Morgan fingerprint density at radius 1 is 1.58 bits per heavy atom. The lowest BCUT2D eigenvalue weighted by molar-refractivity contribution is -0.137. The fraction of sp³-hybridized carbons (Fsp3) is 0.231. The Hall–Kier alpha value is -1.69. The van der Waals surface area contributed by atoms with Gasteiger partial charge >= 0.3 is 5.97 Å². The normalized spacial score (nSPS) is 12.4. The van der Waals surface area contributed by atoms with E-state index in [2.05, 4.69) is 25.9 Å². The van der Waals surface area contributed by atoms with Gasteiger partial charge in [0.1, 0.15) is 16.2 Å². The molecule has 0 bridgehead atoms. The lowest BCUT2D eigenvalue weighted by Gasteiger charge is -2.13. The highest BCUT2D eigenvalue weighted by molar-refractivity contribution is 9.10. The molecule has 1 atom stereocenters. The lowest BCUT2D eigenvalue weighted by atomic mass is 9.93. The summed E-state index contributed by atoms with van der Waals surface area (Å²) in [6.07, 6.45) is 1.46. The van der Waals surface area contributed by atoms with E-state index < -0.39 is 11.9 Å². The van der Waals surface area contributed by atoms with Crippen molar-refractivity contribution in [1.29, 1.82) is 0 Å². The number of aryl methyl sites for hydroxylation is 1. The minimum Gasteiger partial charge on any atom is -0.481 e. The van der Waals surface area contributed by atoms with Crippen LogP contribution in [0.4, 0.5) is 4.39 Å². The van der Waals surface area contributed by atoms with Gasteiger partial charge in [0.2, 0.25) is 0 Å². The Balaban J connectivity index is 2.42. The molecule has 0 aliphatic carbocycles. The molecule has 1 unspecified atom stereocenters. The van der Waals surface area contributed by atoms with Crippen molar-refractivity contribution >= 4 is 21.9 Å². The van der Waals surface area contributed by atoms with Crippen molar-refractivity contribution in [2.75, 3.05) is 0 Å². The molecular formula is C13H12BrFN2O2. The summed E-state index contributed by atoms with van der Waals surface area (Å²) < 4.78 is 14.0. The molecule has 100 valence electrons. The van der Waals surface area contributed by atoms with Crippen molar-refractivity contribution in [1.82, 2.24) is 9.97 Å². The van der Waals surface area contributed by atoms with Crippen LogP contribution in [-0.4, -0.2) is 21.0 Å². The molecule has 0 spiro atoms. The van der Waals surface area contributed by atoms with Crippen molar-refractivity contribution < 1.29 is 14.3 Å². The monoisotopic (exact) mass is 326 g/mol.